The molecule has 2 fully saturated rings. The van der Waals surface area contributed by atoms with Gasteiger partial charge in [0.05, 0.1) is 12.7 Å². The van der Waals surface area contributed by atoms with Gasteiger partial charge in [0.15, 0.2) is 0 Å². The van der Waals surface area contributed by atoms with Gasteiger partial charge in [0, 0.05) is 19.3 Å². The van der Waals surface area contributed by atoms with Crippen molar-refractivity contribution in [1.82, 2.24) is 5.32 Å². The maximum atomic E-state index is 5.80. The van der Waals surface area contributed by atoms with Crippen LogP contribution < -0.4 is 5.32 Å². The van der Waals surface area contributed by atoms with Crippen LogP contribution in [0.25, 0.3) is 0 Å². The molecule has 2 aliphatic heterocycles. The first-order valence-electron chi connectivity index (χ1n) is 7.26. The van der Waals surface area contributed by atoms with Gasteiger partial charge in [-0.2, -0.15) is 0 Å². The van der Waals surface area contributed by atoms with Crippen LogP contribution in [0.2, 0.25) is 0 Å². The van der Waals surface area contributed by atoms with Crippen LogP contribution in [0.3, 0.4) is 0 Å². The van der Waals surface area contributed by atoms with Gasteiger partial charge in [-0.25, -0.2) is 0 Å². The topological polar surface area (TPSA) is 30.5 Å². The van der Waals surface area contributed by atoms with E-state index in [1.54, 1.807) is 0 Å². The summed E-state index contributed by atoms with van der Waals surface area (Å²) in [6.45, 7) is 2.87. The molecule has 2 rings (SSSR count). The van der Waals surface area contributed by atoms with Crippen LogP contribution in [-0.4, -0.2) is 39.0 Å². The second-order valence-corrected chi connectivity index (χ2v) is 5.44. The largest absolute Gasteiger partial charge is 0.381 e. The molecule has 1 N–H and O–H groups in total. The fourth-order valence-corrected chi connectivity index (χ4v) is 3.10. The van der Waals surface area contributed by atoms with Crippen LogP contribution in [0.4, 0.5) is 0 Å². The lowest BCUT2D eigenvalue weighted by Gasteiger charge is -2.31. The van der Waals surface area contributed by atoms with Crippen molar-refractivity contribution < 1.29 is 9.47 Å². The first kappa shape index (κ1) is 13.3. The van der Waals surface area contributed by atoms with E-state index in [1.807, 2.05) is 0 Å². The normalized spacial score (nSPS) is 32.3. The summed E-state index contributed by atoms with van der Waals surface area (Å²) in [5.41, 5.74) is 0. The van der Waals surface area contributed by atoms with Crippen LogP contribution in [0, 0.1) is 5.92 Å². The van der Waals surface area contributed by atoms with Gasteiger partial charge in [0.1, 0.15) is 0 Å². The average Bonchev–Trinajstić information content (AvgIpc) is 2.42. The molecule has 0 radical (unpaired) electrons. The Kier molecular flexibility index (Phi) is 5.75. The average molecular weight is 241 g/mol. The number of hydrogen-bond acceptors (Lipinski definition) is 3. The van der Waals surface area contributed by atoms with E-state index in [0.29, 0.717) is 18.1 Å². The van der Waals surface area contributed by atoms with E-state index in [-0.39, 0.29) is 0 Å². The first-order valence-corrected chi connectivity index (χ1v) is 7.26. The summed E-state index contributed by atoms with van der Waals surface area (Å²) in [4.78, 5) is 0. The minimum atomic E-state index is 0.518. The van der Waals surface area contributed by atoms with Crippen LogP contribution in [-0.2, 0) is 9.47 Å². The van der Waals surface area contributed by atoms with Gasteiger partial charge in [0.25, 0.3) is 0 Å². The molecule has 0 spiro atoms. The molecule has 0 bridgehead atoms. The molecular formula is C14H27NO2. The molecule has 2 aliphatic rings. The van der Waals surface area contributed by atoms with E-state index in [1.165, 1.54) is 44.9 Å². The highest BCUT2D eigenvalue weighted by Crippen LogP contribution is 2.23. The third-order valence-electron chi connectivity index (χ3n) is 4.21. The summed E-state index contributed by atoms with van der Waals surface area (Å²) < 4.78 is 11.4. The first-order chi connectivity index (χ1) is 8.40. The Morgan fingerprint density at radius 3 is 2.76 bits per heavy atom. The van der Waals surface area contributed by atoms with Crippen molar-refractivity contribution in [2.45, 2.75) is 57.1 Å². The second kappa shape index (κ2) is 7.34. The van der Waals surface area contributed by atoms with Crippen molar-refractivity contribution in [3.05, 3.63) is 0 Å². The Morgan fingerprint density at radius 1 is 1.18 bits per heavy atom. The molecule has 2 heterocycles. The van der Waals surface area contributed by atoms with Gasteiger partial charge in [-0.3, -0.25) is 0 Å². The van der Waals surface area contributed by atoms with E-state index in [9.17, 15) is 0 Å². The lowest BCUT2D eigenvalue weighted by atomic mass is 9.89. The lowest BCUT2D eigenvalue weighted by Crippen LogP contribution is -2.39. The quantitative estimate of drug-likeness (QED) is 0.801. The highest BCUT2D eigenvalue weighted by Gasteiger charge is 2.24. The van der Waals surface area contributed by atoms with Crippen molar-refractivity contribution in [1.29, 1.82) is 0 Å². The Hall–Kier alpha value is -0.120. The van der Waals surface area contributed by atoms with E-state index in [0.717, 1.165) is 19.8 Å². The number of ether oxygens (including phenoxy) is 2. The fourth-order valence-electron chi connectivity index (χ4n) is 3.10. The number of nitrogens with one attached hydrogen (secondary N) is 1. The molecule has 3 unspecified atom stereocenters. The molecule has 2 saturated heterocycles. The Balaban J connectivity index is 1.70. The fraction of sp³-hybridized carbons (Fsp3) is 1.00. The SMILES string of the molecule is CNC(CCC1CCCCO1)C1CCCOC1. The third kappa shape index (κ3) is 4.23. The summed E-state index contributed by atoms with van der Waals surface area (Å²) in [5.74, 6) is 0.706. The molecule has 0 saturated carbocycles. The maximum absolute atomic E-state index is 5.80. The summed E-state index contributed by atoms with van der Waals surface area (Å²) in [6, 6.07) is 0.612. The summed E-state index contributed by atoms with van der Waals surface area (Å²) in [6.07, 6.45) is 9.36. The molecule has 0 aliphatic carbocycles. The van der Waals surface area contributed by atoms with Crippen molar-refractivity contribution in [3.8, 4) is 0 Å². The minimum absolute atomic E-state index is 0.518. The van der Waals surface area contributed by atoms with Crippen LogP contribution in [0.15, 0.2) is 0 Å². The number of hydrogen-bond donors (Lipinski definition) is 1. The predicted octanol–water partition coefficient (Wildman–Crippen LogP) is 2.35. The zero-order valence-corrected chi connectivity index (χ0v) is 11.1. The minimum Gasteiger partial charge on any atom is -0.381 e. The predicted molar refractivity (Wildman–Crippen MR) is 69.2 cm³/mol. The summed E-state index contributed by atoms with van der Waals surface area (Å²) >= 11 is 0. The molecule has 0 aromatic rings. The van der Waals surface area contributed by atoms with Crippen molar-refractivity contribution >= 4 is 0 Å². The van der Waals surface area contributed by atoms with Crippen LogP contribution in [0.5, 0.6) is 0 Å². The standard InChI is InChI=1S/C14H27NO2/c1-15-14(12-5-4-9-16-11-12)8-7-13-6-2-3-10-17-13/h12-15H,2-11H2,1H3. The van der Waals surface area contributed by atoms with Crippen LogP contribution in [0.1, 0.15) is 44.9 Å². The van der Waals surface area contributed by atoms with E-state index >= 15 is 0 Å². The van der Waals surface area contributed by atoms with Crippen molar-refractivity contribution in [2.24, 2.45) is 5.92 Å². The molecule has 0 amide bonds. The Labute approximate surface area is 105 Å². The lowest BCUT2D eigenvalue weighted by molar-refractivity contribution is 0.00183. The third-order valence-corrected chi connectivity index (χ3v) is 4.21. The van der Waals surface area contributed by atoms with Gasteiger partial charge in [-0.1, -0.05) is 0 Å². The molecule has 3 atom stereocenters. The molecule has 100 valence electrons. The molecule has 17 heavy (non-hydrogen) atoms. The Bertz CT molecular complexity index is 198. The van der Waals surface area contributed by atoms with Crippen LogP contribution >= 0.6 is 0 Å². The monoisotopic (exact) mass is 241 g/mol. The molecule has 3 nitrogen and oxygen atoms in total. The summed E-state index contributed by atoms with van der Waals surface area (Å²) in [5, 5.41) is 3.48. The molecular weight excluding hydrogens is 214 g/mol. The Morgan fingerprint density at radius 2 is 2.12 bits per heavy atom. The highest BCUT2D eigenvalue weighted by molar-refractivity contribution is 4.79. The zero-order valence-electron chi connectivity index (χ0n) is 11.1. The summed E-state index contributed by atoms with van der Waals surface area (Å²) in [7, 11) is 2.08. The van der Waals surface area contributed by atoms with Gasteiger partial charge in [0.2, 0.25) is 0 Å². The van der Waals surface area contributed by atoms with E-state index in [4.69, 9.17) is 9.47 Å². The van der Waals surface area contributed by atoms with Gasteiger partial charge in [-0.15, -0.1) is 0 Å². The number of rotatable bonds is 5. The highest BCUT2D eigenvalue weighted by atomic mass is 16.5. The smallest absolute Gasteiger partial charge is 0.0575 e. The second-order valence-electron chi connectivity index (χ2n) is 5.44. The molecule has 3 heteroatoms. The van der Waals surface area contributed by atoms with Gasteiger partial charge < -0.3 is 14.8 Å². The van der Waals surface area contributed by atoms with E-state index in [2.05, 4.69) is 12.4 Å². The van der Waals surface area contributed by atoms with Crippen molar-refractivity contribution in [2.75, 3.05) is 26.9 Å². The van der Waals surface area contributed by atoms with Gasteiger partial charge in [-0.05, 0) is 57.9 Å². The van der Waals surface area contributed by atoms with Crippen molar-refractivity contribution in [3.63, 3.8) is 0 Å². The van der Waals surface area contributed by atoms with Gasteiger partial charge >= 0.3 is 0 Å². The molecule has 0 aromatic carbocycles. The maximum Gasteiger partial charge on any atom is 0.0575 e. The zero-order chi connectivity index (χ0) is 11.9. The van der Waals surface area contributed by atoms with E-state index < -0.39 is 0 Å². The molecule has 0 aromatic heterocycles.